The molecule has 5 nitrogen and oxygen atoms in total. The number of anilines is 1. The van der Waals surface area contributed by atoms with Crippen LogP contribution >= 0.6 is 11.6 Å². The molecule has 0 spiro atoms. The molecule has 0 radical (unpaired) electrons. The van der Waals surface area contributed by atoms with Crippen molar-refractivity contribution in [2.45, 2.75) is 26.4 Å². The van der Waals surface area contributed by atoms with E-state index in [0.717, 1.165) is 16.5 Å². The Labute approximate surface area is 156 Å². The molecule has 2 N–H and O–H groups in total. The van der Waals surface area contributed by atoms with Crippen LogP contribution in [0.2, 0.25) is 5.02 Å². The number of benzene rings is 2. The number of hydrogen-bond donors (Lipinski definition) is 2. The third-order valence-electron chi connectivity index (χ3n) is 4.18. The molecule has 0 saturated heterocycles. The number of hydrogen-bond acceptors (Lipinski definition) is 2. The van der Waals surface area contributed by atoms with Crippen LogP contribution in [0.15, 0.2) is 59.4 Å². The number of aromatic amines is 1. The van der Waals surface area contributed by atoms with Crippen molar-refractivity contribution >= 4 is 34.2 Å². The number of rotatable bonds is 4. The van der Waals surface area contributed by atoms with Gasteiger partial charge in [0.2, 0.25) is 5.56 Å². The van der Waals surface area contributed by atoms with Gasteiger partial charge in [-0.15, -0.1) is 0 Å². The number of halogens is 1. The normalized spacial score (nSPS) is 10.9. The number of para-hydroxylation sites is 2. The Hall–Kier alpha value is -2.79. The number of fused-ring (bicyclic) bond motifs is 1. The number of pyridine rings is 1. The van der Waals surface area contributed by atoms with Crippen molar-refractivity contribution in [3.63, 3.8) is 0 Å². The number of carbonyl (C=O) groups excluding carboxylic acids is 1. The monoisotopic (exact) mass is 369 g/mol. The first-order valence-electron chi connectivity index (χ1n) is 8.39. The zero-order valence-electron chi connectivity index (χ0n) is 14.6. The molecule has 3 rings (SSSR count). The van der Waals surface area contributed by atoms with Gasteiger partial charge in [0.05, 0.1) is 10.7 Å². The molecule has 6 heteroatoms. The molecule has 26 heavy (non-hydrogen) atoms. The average Bonchev–Trinajstić information content (AvgIpc) is 2.61. The smallest absolute Gasteiger partial charge is 0.322 e. The molecule has 0 atom stereocenters. The Balaban J connectivity index is 1.91. The van der Waals surface area contributed by atoms with Gasteiger partial charge in [-0.05, 0) is 37.6 Å². The van der Waals surface area contributed by atoms with Crippen LogP contribution in [0.25, 0.3) is 10.9 Å². The lowest BCUT2D eigenvalue weighted by Crippen LogP contribution is -2.39. The highest BCUT2D eigenvalue weighted by Crippen LogP contribution is 2.22. The molecule has 0 aliphatic heterocycles. The highest BCUT2D eigenvalue weighted by Gasteiger charge is 2.19. The van der Waals surface area contributed by atoms with Gasteiger partial charge in [-0.3, -0.25) is 4.79 Å². The summed E-state index contributed by atoms with van der Waals surface area (Å²) in [6.07, 6.45) is 0. The van der Waals surface area contributed by atoms with Crippen LogP contribution in [0.5, 0.6) is 0 Å². The van der Waals surface area contributed by atoms with Gasteiger partial charge in [-0.1, -0.05) is 41.9 Å². The third-order valence-corrected chi connectivity index (χ3v) is 4.51. The lowest BCUT2D eigenvalue weighted by molar-refractivity contribution is 0.194. The summed E-state index contributed by atoms with van der Waals surface area (Å²) in [7, 11) is 0. The predicted molar refractivity (Wildman–Crippen MR) is 106 cm³/mol. The average molecular weight is 370 g/mol. The SMILES string of the molecule is CC(C)N(Cc1cc(=O)[nH]c2ccccc12)C(=O)Nc1ccccc1Cl. The number of aromatic nitrogens is 1. The maximum Gasteiger partial charge on any atom is 0.322 e. The van der Waals surface area contributed by atoms with E-state index in [1.807, 2.05) is 44.2 Å². The maximum atomic E-state index is 12.8. The van der Waals surface area contributed by atoms with Gasteiger partial charge in [0.1, 0.15) is 0 Å². The molecule has 0 unspecified atom stereocenters. The lowest BCUT2D eigenvalue weighted by Gasteiger charge is -2.27. The molecule has 0 aliphatic rings. The van der Waals surface area contributed by atoms with E-state index < -0.39 is 0 Å². The fourth-order valence-corrected chi connectivity index (χ4v) is 3.01. The molecule has 134 valence electrons. The van der Waals surface area contributed by atoms with Crippen LogP contribution in [-0.2, 0) is 6.54 Å². The first-order valence-corrected chi connectivity index (χ1v) is 8.76. The molecule has 0 fully saturated rings. The Morgan fingerprint density at radius 1 is 1.15 bits per heavy atom. The molecule has 2 aromatic carbocycles. The van der Waals surface area contributed by atoms with Crippen molar-refractivity contribution in [3.8, 4) is 0 Å². The Bertz CT molecular complexity index is 998. The van der Waals surface area contributed by atoms with E-state index >= 15 is 0 Å². The quantitative estimate of drug-likeness (QED) is 0.704. The van der Waals surface area contributed by atoms with Crippen LogP contribution in [0.3, 0.4) is 0 Å². The second-order valence-electron chi connectivity index (χ2n) is 6.34. The maximum absolute atomic E-state index is 12.8. The lowest BCUT2D eigenvalue weighted by atomic mass is 10.1. The van der Waals surface area contributed by atoms with Gasteiger partial charge < -0.3 is 15.2 Å². The number of carbonyl (C=O) groups is 1. The van der Waals surface area contributed by atoms with E-state index in [2.05, 4.69) is 10.3 Å². The van der Waals surface area contributed by atoms with Crippen LogP contribution in [-0.4, -0.2) is 22.0 Å². The number of urea groups is 1. The van der Waals surface area contributed by atoms with Gasteiger partial charge in [-0.2, -0.15) is 0 Å². The highest BCUT2D eigenvalue weighted by atomic mass is 35.5. The minimum Gasteiger partial charge on any atom is -0.322 e. The number of amides is 2. The minimum atomic E-state index is -0.266. The first kappa shape index (κ1) is 18.0. The topological polar surface area (TPSA) is 65.2 Å². The van der Waals surface area contributed by atoms with E-state index in [0.29, 0.717) is 17.3 Å². The van der Waals surface area contributed by atoms with Crippen LogP contribution < -0.4 is 10.9 Å². The molecule has 1 aromatic heterocycles. The Morgan fingerprint density at radius 2 is 1.85 bits per heavy atom. The predicted octanol–water partition coefficient (Wildman–Crippen LogP) is 4.62. The fraction of sp³-hybridized carbons (Fsp3) is 0.200. The Kier molecular flexibility index (Phi) is 5.28. The summed E-state index contributed by atoms with van der Waals surface area (Å²) in [6, 6.07) is 15.9. The standard InChI is InChI=1S/C20H20ClN3O2/c1-13(2)24(20(26)23-18-10-6-4-8-16(18)21)12-14-11-19(25)22-17-9-5-3-7-15(14)17/h3-11,13H,12H2,1-2H3,(H,22,25)(H,23,26). The molecular weight excluding hydrogens is 350 g/mol. The molecule has 2 amide bonds. The summed E-state index contributed by atoms with van der Waals surface area (Å²) < 4.78 is 0. The number of H-pyrrole nitrogens is 1. The largest absolute Gasteiger partial charge is 0.322 e. The van der Waals surface area contributed by atoms with Gasteiger partial charge in [0, 0.05) is 29.6 Å². The van der Waals surface area contributed by atoms with Gasteiger partial charge in [0.15, 0.2) is 0 Å². The molecule has 0 saturated carbocycles. The molecular formula is C20H20ClN3O2. The van der Waals surface area contributed by atoms with Crippen molar-refractivity contribution < 1.29 is 4.79 Å². The molecule has 0 aliphatic carbocycles. The number of nitrogens with zero attached hydrogens (tertiary/aromatic N) is 1. The summed E-state index contributed by atoms with van der Waals surface area (Å²) in [5.74, 6) is 0. The van der Waals surface area contributed by atoms with E-state index in [1.165, 1.54) is 0 Å². The summed E-state index contributed by atoms with van der Waals surface area (Å²) >= 11 is 6.13. The second-order valence-corrected chi connectivity index (χ2v) is 6.74. The molecule has 3 aromatic rings. The second kappa shape index (κ2) is 7.62. The summed E-state index contributed by atoms with van der Waals surface area (Å²) in [4.78, 5) is 29.3. The van der Waals surface area contributed by atoms with Crippen LogP contribution in [0, 0.1) is 0 Å². The van der Waals surface area contributed by atoms with Crippen molar-refractivity contribution in [2.24, 2.45) is 0 Å². The van der Waals surface area contributed by atoms with E-state index in [9.17, 15) is 9.59 Å². The first-order chi connectivity index (χ1) is 12.5. The van der Waals surface area contributed by atoms with Crippen molar-refractivity contribution in [1.29, 1.82) is 0 Å². The fourth-order valence-electron chi connectivity index (χ4n) is 2.83. The van der Waals surface area contributed by atoms with Gasteiger partial charge in [-0.25, -0.2) is 4.79 Å². The van der Waals surface area contributed by atoms with E-state index in [-0.39, 0.29) is 17.6 Å². The van der Waals surface area contributed by atoms with Crippen molar-refractivity contribution in [3.05, 3.63) is 75.5 Å². The van der Waals surface area contributed by atoms with Crippen molar-refractivity contribution in [1.82, 2.24) is 9.88 Å². The van der Waals surface area contributed by atoms with Gasteiger partial charge >= 0.3 is 6.03 Å². The zero-order chi connectivity index (χ0) is 18.7. The Morgan fingerprint density at radius 3 is 2.58 bits per heavy atom. The third kappa shape index (κ3) is 3.89. The molecule has 0 bridgehead atoms. The van der Waals surface area contributed by atoms with Crippen molar-refractivity contribution in [2.75, 3.05) is 5.32 Å². The zero-order valence-corrected chi connectivity index (χ0v) is 15.4. The summed E-state index contributed by atoms with van der Waals surface area (Å²) in [5.41, 5.74) is 1.92. The van der Waals surface area contributed by atoms with E-state index in [1.54, 1.807) is 29.2 Å². The highest BCUT2D eigenvalue weighted by molar-refractivity contribution is 6.33. The van der Waals surface area contributed by atoms with Gasteiger partial charge in [0.25, 0.3) is 0 Å². The van der Waals surface area contributed by atoms with Crippen LogP contribution in [0.4, 0.5) is 10.5 Å². The number of nitrogens with one attached hydrogen (secondary N) is 2. The van der Waals surface area contributed by atoms with E-state index in [4.69, 9.17) is 11.6 Å². The molecule has 1 heterocycles. The summed E-state index contributed by atoms with van der Waals surface area (Å²) in [6.45, 7) is 4.18. The van der Waals surface area contributed by atoms with Crippen LogP contribution in [0.1, 0.15) is 19.4 Å². The minimum absolute atomic E-state index is 0.0597. The summed E-state index contributed by atoms with van der Waals surface area (Å²) in [5, 5.41) is 4.24.